The molecule has 43 heavy (non-hydrogen) atoms. The van der Waals surface area contributed by atoms with Crippen LogP contribution in [0.5, 0.6) is 5.75 Å². The minimum atomic E-state index is -3.83. The molecule has 10 nitrogen and oxygen atoms in total. The fraction of sp³-hybridized carbons (Fsp3) is 0.333. The molecule has 2 heterocycles. The van der Waals surface area contributed by atoms with Crippen LogP contribution in [0.3, 0.4) is 0 Å². The fourth-order valence-electron chi connectivity index (χ4n) is 5.25. The van der Waals surface area contributed by atoms with Crippen LogP contribution in [-0.4, -0.2) is 86.1 Å². The molecule has 2 N–H and O–H groups in total. The van der Waals surface area contributed by atoms with E-state index in [0.29, 0.717) is 41.1 Å². The van der Waals surface area contributed by atoms with Crippen LogP contribution in [-0.2, 0) is 10.0 Å². The first kappa shape index (κ1) is 31.2. The van der Waals surface area contributed by atoms with E-state index in [-0.39, 0.29) is 23.3 Å². The molecule has 3 aromatic rings. The van der Waals surface area contributed by atoms with Gasteiger partial charge in [-0.25, -0.2) is 17.5 Å². The van der Waals surface area contributed by atoms with Crippen LogP contribution in [0, 0.1) is 0 Å². The number of amides is 2. The number of carbonyl (C=O) groups is 1. The largest absolute Gasteiger partial charge is 0.493 e. The molecule has 0 radical (unpaired) electrons. The highest BCUT2D eigenvalue weighted by Crippen LogP contribution is 2.45. The summed E-state index contributed by atoms with van der Waals surface area (Å²) < 4.78 is 33.5. The maximum atomic E-state index is 14.5. The monoisotopic (exact) mass is 645 g/mol. The quantitative estimate of drug-likeness (QED) is 0.390. The first-order valence-corrected chi connectivity index (χ1v) is 16.0. The highest BCUT2D eigenvalue weighted by Gasteiger charge is 2.45. The number of halogens is 2. The molecule has 1 saturated heterocycles. The molecule has 13 heteroatoms. The van der Waals surface area contributed by atoms with Crippen molar-refractivity contribution < 1.29 is 23.1 Å². The summed E-state index contributed by atoms with van der Waals surface area (Å²) in [5.74, 6) is 0.626. The lowest BCUT2D eigenvalue weighted by Gasteiger charge is -2.37. The zero-order chi connectivity index (χ0) is 30.9. The average Bonchev–Trinajstić information content (AvgIpc) is 3.38. The third kappa shape index (κ3) is 6.38. The van der Waals surface area contributed by atoms with Crippen LogP contribution in [0.4, 0.5) is 4.79 Å². The van der Waals surface area contributed by atoms with E-state index in [9.17, 15) is 18.3 Å². The van der Waals surface area contributed by atoms with Crippen molar-refractivity contribution in [3.63, 3.8) is 0 Å². The number of carbonyl (C=O) groups excluding carboxylic acids is 1. The Balaban J connectivity index is 1.75. The van der Waals surface area contributed by atoms with E-state index in [4.69, 9.17) is 32.9 Å². The van der Waals surface area contributed by atoms with E-state index in [0.717, 1.165) is 15.4 Å². The Labute approximate surface area is 261 Å². The number of piperazine rings is 1. The normalized spacial score (nSPS) is 20.8. The lowest BCUT2D eigenvalue weighted by Crippen LogP contribution is -2.56. The third-order valence-corrected chi connectivity index (χ3v) is 9.71. The molecule has 0 bridgehead atoms. The van der Waals surface area contributed by atoms with Crippen molar-refractivity contribution in [2.24, 2.45) is 4.99 Å². The topological polar surface area (TPSA) is 115 Å². The van der Waals surface area contributed by atoms with Crippen molar-refractivity contribution >= 4 is 45.1 Å². The summed E-state index contributed by atoms with van der Waals surface area (Å²) >= 11 is 12.5. The Morgan fingerprint density at radius 1 is 1.05 bits per heavy atom. The minimum absolute atomic E-state index is 0.0293. The highest BCUT2D eigenvalue weighted by molar-refractivity contribution is 7.89. The summed E-state index contributed by atoms with van der Waals surface area (Å²) in [4.78, 5) is 22.8. The van der Waals surface area contributed by atoms with E-state index in [1.165, 1.54) is 26.2 Å². The van der Waals surface area contributed by atoms with Crippen LogP contribution in [0.1, 0.15) is 35.7 Å². The number of rotatable bonds is 7. The molecule has 3 aromatic carbocycles. The van der Waals surface area contributed by atoms with Crippen molar-refractivity contribution in [3.8, 4) is 5.75 Å². The van der Waals surface area contributed by atoms with E-state index in [2.05, 4.69) is 5.32 Å². The van der Waals surface area contributed by atoms with Gasteiger partial charge in [0.2, 0.25) is 10.0 Å². The second kappa shape index (κ2) is 12.8. The first-order chi connectivity index (χ1) is 20.5. The van der Waals surface area contributed by atoms with Gasteiger partial charge >= 0.3 is 6.03 Å². The summed E-state index contributed by atoms with van der Waals surface area (Å²) in [6.07, 6.45) is -0.894. The van der Waals surface area contributed by atoms with Crippen molar-refractivity contribution in [3.05, 3.63) is 93.5 Å². The molecule has 0 aromatic heterocycles. The van der Waals surface area contributed by atoms with E-state index < -0.39 is 28.3 Å². The van der Waals surface area contributed by atoms with E-state index >= 15 is 0 Å². The number of nitrogens with zero attached hydrogens (tertiary/aromatic N) is 4. The van der Waals surface area contributed by atoms with Crippen molar-refractivity contribution in [2.75, 3.05) is 40.3 Å². The fourth-order valence-corrected chi connectivity index (χ4v) is 6.43. The summed E-state index contributed by atoms with van der Waals surface area (Å²) in [5.41, 5.74) is 1.92. The Bertz CT molecular complexity index is 1620. The molecule has 5 rings (SSSR count). The van der Waals surface area contributed by atoms with Gasteiger partial charge in [0.1, 0.15) is 23.9 Å². The SMILES string of the molecule is CCOc1ccc(S(=O)(=O)N(C)C)cc1C1=NC(c2ccc(Cl)cc2)C(c2ccc(Cl)cc2)N1C(=O)N1CCNC(O)C1. The standard InChI is InChI=1S/C30H33Cl2N5O5S/c1-4-42-25-14-13-23(43(40,41)35(2)3)17-24(25)29-34-27(19-5-9-21(31)10-6-19)28(20-7-11-22(32)12-8-20)37(29)30(39)36-16-15-33-26(38)18-36/h5-14,17,26-28,33,38H,4,15-16,18H2,1-3H3. The van der Waals surface area contributed by atoms with E-state index in [1.807, 2.05) is 31.2 Å². The number of amidine groups is 1. The number of aliphatic hydroxyl groups is 1. The summed E-state index contributed by atoms with van der Waals surface area (Å²) in [6, 6.07) is 17.4. The van der Waals surface area contributed by atoms with Crippen LogP contribution in [0.25, 0.3) is 0 Å². The number of sulfonamides is 1. The van der Waals surface area contributed by atoms with Gasteiger partial charge in [-0.1, -0.05) is 47.5 Å². The number of aliphatic hydroxyl groups excluding tert-OH is 1. The maximum Gasteiger partial charge on any atom is 0.326 e. The molecule has 0 spiro atoms. The maximum absolute atomic E-state index is 14.5. The van der Waals surface area contributed by atoms with Crippen LogP contribution in [0.15, 0.2) is 76.6 Å². The zero-order valence-corrected chi connectivity index (χ0v) is 26.3. The molecule has 0 aliphatic carbocycles. The van der Waals surface area contributed by atoms with Gasteiger partial charge < -0.3 is 14.7 Å². The van der Waals surface area contributed by atoms with Gasteiger partial charge in [-0.05, 0) is 60.5 Å². The first-order valence-electron chi connectivity index (χ1n) is 13.8. The Kier molecular flexibility index (Phi) is 9.31. The summed E-state index contributed by atoms with van der Waals surface area (Å²) in [6.45, 7) is 2.95. The number of benzene rings is 3. The lowest BCUT2D eigenvalue weighted by molar-refractivity contribution is 0.0603. The minimum Gasteiger partial charge on any atom is -0.493 e. The predicted molar refractivity (Wildman–Crippen MR) is 166 cm³/mol. The molecule has 2 amide bonds. The van der Waals surface area contributed by atoms with Crippen LogP contribution < -0.4 is 10.1 Å². The molecule has 3 atom stereocenters. The summed E-state index contributed by atoms with van der Waals surface area (Å²) in [7, 11) is -0.918. The zero-order valence-electron chi connectivity index (χ0n) is 23.9. The molecule has 228 valence electrons. The highest BCUT2D eigenvalue weighted by atomic mass is 35.5. The molecule has 0 saturated carbocycles. The molecule has 3 unspecified atom stereocenters. The number of nitrogens with one attached hydrogen (secondary N) is 1. The van der Waals surface area contributed by atoms with Gasteiger partial charge in [-0.2, -0.15) is 0 Å². The number of aliphatic imine (C=N–C) groups is 1. The molecule has 2 aliphatic heterocycles. The molecular formula is C30H33Cl2N5O5S. The number of ether oxygens (including phenoxy) is 1. The Morgan fingerprint density at radius 2 is 1.67 bits per heavy atom. The van der Waals surface area contributed by atoms with Gasteiger partial charge in [0, 0.05) is 37.2 Å². The van der Waals surface area contributed by atoms with Crippen LogP contribution in [0.2, 0.25) is 10.0 Å². The smallest absolute Gasteiger partial charge is 0.326 e. The average molecular weight is 647 g/mol. The molecule has 2 aliphatic rings. The van der Waals surface area contributed by atoms with E-state index in [1.54, 1.807) is 40.1 Å². The van der Waals surface area contributed by atoms with Gasteiger partial charge in [0.15, 0.2) is 0 Å². The summed E-state index contributed by atoms with van der Waals surface area (Å²) in [5, 5.41) is 14.4. The van der Waals surface area contributed by atoms with Crippen molar-refractivity contribution in [1.29, 1.82) is 0 Å². The lowest BCUT2D eigenvalue weighted by atomic mass is 9.93. The van der Waals surface area contributed by atoms with Crippen LogP contribution >= 0.6 is 23.2 Å². The van der Waals surface area contributed by atoms with Crippen molar-refractivity contribution in [2.45, 2.75) is 30.1 Å². The predicted octanol–water partition coefficient (Wildman–Crippen LogP) is 4.53. The van der Waals surface area contributed by atoms with Gasteiger partial charge in [-0.3, -0.25) is 15.2 Å². The molecule has 1 fully saturated rings. The molecular weight excluding hydrogens is 613 g/mol. The number of β-amino-alcohol motifs (C(OH)–C–C–N with tert-alkyl or cyclic N) is 1. The van der Waals surface area contributed by atoms with Gasteiger partial charge in [-0.15, -0.1) is 0 Å². The number of urea groups is 1. The van der Waals surface area contributed by atoms with Gasteiger partial charge in [0.05, 0.1) is 29.7 Å². The Hall–Kier alpha value is -3.19. The van der Waals surface area contributed by atoms with Gasteiger partial charge in [0.25, 0.3) is 0 Å². The van der Waals surface area contributed by atoms with Crippen molar-refractivity contribution in [1.82, 2.24) is 19.4 Å². The number of hydrogen-bond donors (Lipinski definition) is 2. The Morgan fingerprint density at radius 3 is 2.26 bits per heavy atom. The second-order valence-corrected chi connectivity index (χ2v) is 13.4. The third-order valence-electron chi connectivity index (χ3n) is 7.39. The number of hydrogen-bond acceptors (Lipinski definition) is 7. The second-order valence-electron chi connectivity index (χ2n) is 10.4.